The van der Waals surface area contributed by atoms with Crippen LogP contribution in [0.25, 0.3) is 11.5 Å². The number of halogens is 2. The molecule has 0 aliphatic carbocycles. The molecule has 0 aliphatic heterocycles. The summed E-state index contributed by atoms with van der Waals surface area (Å²) in [5.41, 5.74) is 0.546. The second-order valence-corrected chi connectivity index (χ2v) is 5.33. The zero-order valence-electron chi connectivity index (χ0n) is 13.7. The minimum absolute atomic E-state index is 0.0895. The standard InChI is InChI=1S/C18H14F2N2O4/c1-11(25-15-8-6-14(20)7-9-15)18(23)24-10-16-21-22-17(26-16)12-2-4-13(19)5-3-12/h2-9,11H,10H2,1H3/t11-/m0/s1. The molecule has 6 nitrogen and oxygen atoms in total. The molecule has 1 aromatic heterocycles. The molecule has 2 aromatic carbocycles. The van der Waals surface area contributed by atoms with Crippen molar-refractivity contribution in [1.29, 1.82) is 0 Å². The smallest absolute Gasteiger partial charge is 0.347 e. The van der Waals surface area contributed by atoms with Gasteiger partial charge in [-0.1, -0.05) is 0 Å². The number of nitrogens with zero attached hydrogens (tertiary/aromatic N) is 2. The largest absolute Gasteiger partial charge is 0.479 e. The number of ether oxygens (including phenoxy) is 2. The molecule has 0 unspecified atom stereocenters. The van der Waals surface area contributed by atoms with Crippen molar-refractivity contribution in [2.45, 2.75) is 19.6 Å². The Morgan fingerprint density at radius 3 is 2.31 bits per heavy atom. The fourth-order valence-corrected chi connectivity index (χ4v) is 2.04. The van der Waals surface area contributed by atoms with Crippen molar-refractivity contribution in [1.82, 2.24) is 10.2 Å². The van der Waals surface area contributed by atoms with Crippen molar-refractivity contribution < 1.29 is 27.5 Å². The van der Waals surface area contributed by atoms with Crippen molar-refractivity contribution in [2.75, 3.05) is 0 Å². The molecule has 0 aliphatic rings. The van der Waals surface area contributed by atoms with E-state index in [1.54, 1.807) is 0 Å². The molecule has 0 fully saturated rings. The first-order chi connectivity index (χ1) is 12.5. The van der Waals surface area contributed by atoms with E-state index in [1.807, 2.05) is 0 Å². The number of carbonyl (C=O) groups excluding carboxylic acids is 1. The summed E-state index contributed by atoms with van der Waals surface area (Å²) in [6.07, 6.45) is -0.903. The Kier molecular flexibility index (Phi) is 5.21. The third kappa shape index (κ3) is 4.41. The fraction of sp³-hybridized carbons (Fsp3) is 0.167. The van der Waals surface area contributed by atoms with Crippen LogP contribution in [-0.2, 0) is 16.1 Å². The van der Waals surface area contributed by atoms with Gasteiger partial charge in [0.15, 0.2) is 12.7 Å². The first kappa shape index (κ1) is 17.5. The number of hydrogen-bond acceptors (Lipinski definition) is 6. The molecule has 0 spiro atoms. The number of benzene rings is 2. The van der Waals surface area contributed by atoms with E-state index in [4.69, 9.17) is 13.9 Å². The van der Waals surface area contributed by atoms with E-state index in [-0.39, 0.29) is 24.2 Å². The Balaban J connectivity index is 1.54. The van der Waals surface area contributed by atoms with Gasteiger partial charge in [-0.25, -0.2) is 13.6 Å². The van der Waals surface area contributed by atoms with Crippen LogP contribution in [0.5, 0.6) is 5.75 Å². The topological polar surface area (TPSA) is 74.5 Å². The van der Waals surface area contributed by atoms with Crippen LogP contribution in [0.15, 0.2) is 52.9 Å². The molecule has 0 saturated heterocycles. The van der Waals surface area contributed by atoms with Gasteiger partial charge in [-0.3, -0.25) is 0 Å². The third-order valence-corrected chi connectivity index (χ3v) is 3.35. The van der Waals surface area contributed by atoms with E-state index < -0.39 is 17.9 Å². The van der Waals surface area contributed by atoms with Crippen molar-refractivity contribution in [3.8, 4) is 17.2 Å². The van der Waals surface area contributed by atoms with Crippen LogP contribution in [-0.4, -0.2) is 22.3 Å². The highest BCUT2D eigenvalue weighted by atomic mass is 19.1. The highest BCUT2D eigenvalue weighted by molar-refractivity contribution is 5.74. The number of hydrogen-bond donors (Lipinski definition) is 0. The molecule has 0 amide bonds. The zero-order chi connectivity index (χ0) is 18.5. The second kappa shape index (κ2) is 7.73. The molecular formula is C18H14F2N2O4. The van der Waals surface area contributed by atoms with E-state index in [1.165, 1.54) is 55.5 Å². The summed E-state index contributed by atoms with van der Waals surface area (Å²) in [5, 5.41) is 7.59. The Morgan fingerprint density at radius 1 is 1.04 bits per heavy atom. The first-order valence-electron chi connectivity index (χ1n) is 7.68. The molecule has 8 heteroatoms. The van der Waals surface area contributed by atoms with Crippen LogP contribution >= 0.6 is 0 Å². The van der Waals surface area contributed by atoms with E-state index in [2.05, 4.69) is 10.2 Å². The Labute approximate surface area is 147 Å². The van der Waals surface area contributed by atoms with Gasteiger partial charge in [0.05, 0.1) is 0 Å². The van der Waals surface area contributed by atoms with Crippen LogP contribution < -0.4 is 4.74 Å². The van der Waals surface area contributed by atoms with E-state index in [0.717, 1.165) is 0 Å². The van der Waals surface area contributed by atoms with Crippen LogP contribution in [0, 0.1) is 11.6 Å². The number of aromatic nitrogens is 2. The lowest BCUT2D eigenvalue weighted by Gasteiger charge is -2.13. The van der Waals surface area contributed by atoms with Crippen molar-refractivity contribution in [3.05, 3.63) is 66.1 Å². The lowest BCUT2D eigenvalue weighted by atomic mass is 10.2. The van der Waals surface area contributed by atoms with Gasteiger partial charge in [0.2, 0.25) is 5.89 Å². The van der Waals surface area contributed by atoms with Gasteiger partial charge in [0.1, 0.15) is 17.4 Å². The molecule has 0 radical (unpaired) electrons. The molecule has 0 bridgehead atoms. The summed E-state index contributed by atoms with van der Waals surface area (Å²) < 4.78 is 41.5. The number of rotatable bonds is 6. The van der Waals surface area contributed by atoms with Crippen molar-refractivity contribution in [2.24, 2.45) is 0 Å². The highest BCUT2D eigenvalue weighted by Gasteiger charge is 2.18. The zero-order valence-corrected chi connectivity index (χ0v) is 13.7. The van der Waals surface area contributed by atoms with Crippen molar-refractivity contribution in [3.63, 3.8) is 0 Å². The maximum Gasteiger partial charge on any atom is 0.347 e. The summed E-state index contributed by atoms with van der Waals surface area (Å²) in [7, 11) is 0. The van der Waals surface area contributed by atoms with Gasteiger partial charge in [-0.05, 0) is 55.5 Å². The minimum atomic E-state index is -0.903. The van der Waals surface area contributed by atoms with Crippen LogP contribution in [0.4, 0.5) is 8.78 Å². The SMILES string of the molecule is C[C@H](Oc1ccc(F)cc1)C(=O)OCc1nnc(-c2ccc(F)cc2)o1. The lowest BCUT2D eigenvalue weighted by molar-refractivity contribution is -0.153. The van der Waals surface area contributed by atoms with Gasteiger partial charge in [0, 0.05) is 5.56 Å². The molecule has 0 saturated carbocycles. The predicted octanol–water partition coefficient (Wildman–Crippen LogP) is 3.53. The molecular weight excluding hydrogens is 346 g/mol. The van der Waals surface area contributed by atoms with Gasteiger partial charge < -0.3 is 13.9 Å². The third-order valence-electron chi connectivity index (χ3n) is 3.35. The lowest BCUT2D eigenvalue weighted by Crippen LogP contribution is -2.26. The second-order valence-electron chi connectivity index (χ2n) is 5.33. The quantitative estimate of drug-likeness (QED) is 0.626. The maximum atomic E-state index is 12.9. The van der Waals surface area contributed by atoms with E-state index in [0.29, 0.717) is 11.3 Å². The van der Waals surface area contributed by atoms with Crippen molar-refractivity contribution >= 4 is 5.97 Å². The first-order valence-corrected chi connectivity index (χ1v) is 7.68. The molecule has 1 atom stereocenters. The Morgan fingerprint density at radius 2 is 1.65 bits per heavy atom. The molecule has 134 valence electrons. The van der Waals surface area contributed by atoms with Crippen LogP contribution in [0.1, 0.15) is 12.8 Å². The average molecular weight is 360 g/mol. The molecule has 1 heterocycles. The van der Waals surface area contributed by atoms with E-state index >= 15 is 0 Å². The Bertz CT molecular complexity index is 879. The molecule has 0 N–H and O–H groups in total. The summed E-state index contributed by atoms with van der Waals surface area (Å²) in [5.74, 6) is -0.806. The molecule has 3 aromatic rings. The predicted molar refractivity (Wildman–Crippen MR) is 86.0 cm³/mol. The van der Waals surface area contributed by atoms with Gasteiger partial charge >= 0.3 is 5.97 Å². The maximum absolute atomic E-state index is 12.9. The van der Waals surface area contributed by atoms with Gasteiger partial charge in [-0.15, -0.1) is 10.2 Å². The average Bonchev–Trinajstić information content (AvgIpc) is 3.11. The molecule has 26 heavy (non-hydrogen) atoms. The van der Waals surface area contributed by atoms with Crippen LogP contribution in [0.3, 0.4) is 0 Å². The summed E-state index contributed by atoms with van der Waals surface area (Å²) in [6, 6.07) is 10.8. The summed E-state index contributed by atoms with van der Waals surface area (Å²) >= 11 is 0. The molecule has 3 rings (SSSR count). The highest BCUT2D eigenvalue weighted by Crippen LogP contribution is 2.18. The van der Waals surface area contributed by atoms with Gasteiger partial charge in [0.25, 0.3) is 5.89 Å². The number of carbonyl (C=O) groups is 1. The normalized spacial score (nSPS) is 11.8. The fourth-order valence-electron chi connectivity index (χ4n) is 2.04. The van der Waals surface area contributed by atoms with E-state index in [9.17, 15) is 13.6 Å². The van der Waals surface area contributed by atoms with Gasteiger partial charge in [-0.2, -0.15) is 0 Å². The monoisotopic (exact) mass is 360 g/mol. The number of esters is 1. The minimum Gasteiger partial charge on any atom is -0.479 e. The van der Waals surface area contributed by atoms with Crippen LogP contribution in [0.2, 0.25) is 0 Å². The Hall–Kier alpha value is -3.29. The summed E-state index contributed by atoms with van der Waals surface area (Å²) in [6.45, 7) is 1.27. The summed E-state index contributed by atoms with van der Waals surface area (Å²) in [4.78, 5) is 11.9.